The van der Waals surface area contributed by atoms with Crippen molar-refractivity contribution in [2.24, 2.45) is 0 Å². The summed E-state index contributed by atoms with van der Waals surface area (Å²) in [5.74, 6) is 3.86. The fourth-order valence-corrected chi connectivity index (χ4v) is 0.502. The van der Waals surface area contributed by atoms with Gasteiger partial charge in [0.2, 0.25) is 5.78 Å². The van der Waals surface area contributed by atoms with Crippen LogP contribution in [0.1, 0.15) is 12.8 Å². The molecular weight excluding hydrogens is 104 g/mol. The highest BCUT2D eigenvalue weighted by atomic mass is 16.2. The molecule has 0 radical (unpaired) electrons. The topological polar surface area (TPSA) is 34.1 Å². The first-order valence-electron chi connectivity index (χ1n) is 2.37. The Bertz CT molecular complexity index is 192. The molecule has 0 saturated heterocycles. The minimum Gasteiger partial charge on any atom is -0.290 e. The van der Waals surface area contributed by atoms with Crippen molar-refractivity contribution in [1.29, 1.82) is 0 Å². The second-order valence-electron chi connectivity index (χ2n) is 1.55. The van der Waals surface area contributed by atoms with Crippen LogP contribution in [0.3, 0.4) is 0 Å². The van der Waals surface area contributed by atoms with Gasteiger partial charge in [0.1, 0.15) is 0 Å². The Kier molecular flexibility index (Phi) is 1.13. The first-order valence-corrected chi connectivity index (χ1v) is 2.37. The predicted molar refractivity (Wildman–Crippen MR) is 27.0 cm³/mol. The summed E-state index contributed by atoms with van der Waals surface area (Å²) >= 11 is 0. The normalized spacial score (nSPS) is 17.5. The largest absolute Gasteiger partial charge is 0.290 e. The first-order chi connectivity index (χ1) is 3.80. The zero-order valence-electron chi connectivity index (χ0n) is 4.23. The van der Waals surface area contributed by atoms with Crippen molar-refractivity contribution < 1.29 is 9.59 Å². The lowest BCUT2D eigenvalue weighted by Gasteiger charge is -1.92. The van der Waals surface area contributed by atoms with Crippen molar-refractivity contribution in [2.75, 3.05) is 0 Å². The van der Waals surface area contributed by atoms with E-state index in [-0.39, 0.29) is 5.78 Å². The van der Waals surface area contributed by atoms with Crippen molar-refractivity contribution in [2.45, 2.75) is 12.8 Å². The fraction of sp³-hybridized carbons (Fsp3) is 0.333. The molecular formula is C6H4O2. The van der Waals surface area contributed by atoms with Crippen molar-refractivity contribution >= 4 is 11.6 Å². The Labute approximate surface area is 46.9 Å². The van der Waals surface area contributed by atoms with E-state index in [0.717, 1.165) is 0 Å². The maximum absolute atomic E-state index is 10.3. The monoisotopic (exact) mass is 108 g/mol. The van der Waals surface area contributed by atoms with Crippen LogP contribution in [0.4, 0.5) is 0 Å². The number of carbonyl (C=O) groups excluding carboxylic acids is 2. The number of Topliss-reactive ketones (excluding diaryl/α,β-unsaturated/α-hetero) is 2. The second kappa shape index (κ2) is 1.79. The smallest absolute Gasteiger partial charge is 0.271 e. The van der Waals surface area contributed by atoms with E-state index in [1.165, 1.54) is 0 Å². The molecule has 0 aromatic carbocycles. The molecule has 0 fully saturated rings. The van der Waals surface area contributed by atoms with Crippen LogP contribution in [-0.4, -0.2) is 11.6 Å². The van der Waals surface area contributed by atoms with Crippen molar-refractivity contribution in [3.63, 3.8) is 0 Å². The Morgan fingerprint density at radius 1 is 1.38 bits per heavy atom. The zero-order chi connectivity index (χ0) is 5.98. The molecule has 0 amide bonds. The second-order valence-corrected chi connectivity index (χ2v) is 1.55. The standard InChI is InChI=1S/C6H4O2/c7-5-3-1-2-4-6(5)8/h1,3H2. The molecule has 1 rings (SSSR count). The Balaban J connectivity index is 2.84. The Hall–Kier alpha value is -1.10. The van der Waals surface area contributed by atoms with Gasteiger partial charge in [0.15, 0.2) is 0 Å². The summed E-state index contributed by atoms with van der Waals surface area (Å²) < 4.78 is 0. The summed E-state index contributed by atoms with van der Waals surface area (Å²) in [4.78, 5) is 20.6. The number of carbonyl (C=O) groups is 2. The molecule has 40 valence electrons. The van der Waals surface area contributed by atoms with Crippen LogP contribution >= 0.6 is 0 Å². The quantitative estimate of drug-likeness (QED) is 0.247. The molecule has 1 aliphatic rings. The Morgan fingerprint density at radius 3 is 2.50 bits per heavy atom. The summed E-state index contributed by atoms with van der Waals surface area (Å²) in [7, 11) is 0. The van der Waals surface area contributed by atoms with Gasteiger partial charge in [-0.25, -0.2) is 0 Å². The van der Waals surface area contributed by atoms with Crippen LogP contribution in [0.2, 0.25) is 0 Å². The molecule has 8 heavy (non-hydrogen) atoms. The summed E-state index contributed by atoms with van der Waals surface area (Å²) in [5.41, 5.74) is 0. The highest BCUT2D eigenvalue weighted by Gasteiger charge is 2.11. The van der Waals surface area contributed by atoms with Crippen molar-refractivity contribution in [3.8, 4) is 11.8 Å². The molecule has 0 bridgehead atoms. The average Bonchev–Trinajstić information content (AvgIpc) is 1.77. The molecule has 0 saturated carbocycles. The maximum atomic E-state index is 10.3. The molecule has 0 atom stereocenters. The van der Waals surface area contributed by atoms with Crippen LogP contribution < -0.4 is 0 Å². The number of ketones is 2. The van der Waals surface area contributed by atoms with E-state index in [1.807, 2.05) is 0 Å². The summed E-state index contributed by atoms with van der Waals surface area (Å²) in [5, 5.41) is 0. The van der Waals surface area contributed by atoms with Crippen LogP contribution in [0.15, 0.2) is 0 Å². The van der Waals surface area contributed by atoms with Gasteiger partial charge in [-0.1, -0.05) is 5.92 Å². The minimum absolute atomic E-state index is 0.311. The van der Waals surface area contributed by atoms with Gasteiger partial charge in [0.05, 0.1) is 0 Å². The van der Waals surface area contributed by atoms with Gasteiger partial charge in [-0.05, 0) is 5.92 Å². The molecule has 0 aliphatic heterocycles. The van der Waals surface area contributed by atoms with Gasteiger partial charge in [-0.2, -0.15) is 0 Å². The third-order valence-electron chi connectivity index (χ3n) is 0.932. The zero-order valence-corrected chi connectivity index (χ0v) is 4.23. The van der Waals surface area contributed by atoms with E-state index < -0.39 is 5.78 Å². The van der Waals surface area contributed by atoms with Crippen LogP contribution in [0, 0.1) is 11.8 Å². The maximum Gasteiger partial charge on any atom is 0.271 e. The van der Waals surface area contributed by atoms with Gasteiger partial charge >= 0.3 is 0 Å². The molecule has 2 heteroatoms. The minimum atomic E-state index is -0.531. The molecule has 0 N–H and O–H groups in total. The summed E-state index contributed by atoms with van der Waals surface area (Å²) in [6.45, 7) is 0. The highest BCUT2D eigenvalue weighted by Crippen LogP contribution is 1.94. The van der Waals surface area contributed by atoms with E-state index in [9.17, 15) is 9.59 Å². The lowest BCUT2D eigenvalue weighted by Crippen LogP contribution is -2.13. The van der Waals surface area contributed by atoms with E-state index in [2.05, 4.69) is 11.8 Å². The SMILES string of the molecule is O=C1C#CCCC1=O. The van der Waals surface area contributed by atoms with E-state index in [4.69, 9.17) is 0 Å². The van der Waals surface area contributed by atoms with E-state index in [1.54, 1.807) is 0 Å². The molecule has 1 aliphatic carbocycles. The van der Waals surface area contributed by atoms with Crippen LogP contribution in [0.25, 0.3) is 0 Å². The van der Waals surface area contributed by atoms with Gasteiger partial charge in [0.25, 0.3) is 5.78 Å². The first kappa shape index (κ1) is 5.04. The van der Waals surface area contributed by atoms with E-state index in [0.29, 0.717) is 12.8 Å². The lowest BCUT2D eigenvalue weighted by molar-refractivity contribution is -0.133. The molecule has 0 heterocycles. The van der Waals surface area contributed by atoms with Crippen molar-refractivity contribution in [1.82, 2.24) is 0 Å². The number of hydrogen-bond acceptors (Lipinski definition) is 2. The third kappa shape index (κ3) is 0.760. The van der Waals surface area contributed by atoms with Crippen molar-refractivity contribution in [3.05, 3.63) is 0 Å². The highest BCUT2D eigenvalue weighted by molar-refractivity contribution is 6.44. The fourth-order valence-electron chi connectivity index (χ4n) is 0.502. The van der Waals surface area contributed by atoms with Gasteiger partial charge in [-0.15, -0.1) is 0 Å². The number of rotatable bonds is 0. The van der Waals surface area contributed by atoms with E-state index >= 15 is 0 Å². The number of hydrogen-bond donors (Lipinski definition) is 0. The van der Waals surface area contributed by atoms with Crippen LogP contribution in [-0.2, 0) is 9.59 Å². The molecule has 0 aromatic heterocycles. The average molecular weight is 108 g/mol. The van der Waals surface area contributed by atoms with Gasteiger partial charge < -0.3 is 0 Å². The van der Waals surface area contributed by atoms with Gasteiger partial charge in [-0.3, -0.25) is 9.59 Å². The molecule has 0 aromatic rings. The predicted octanol–water partition coefficient (Wildman–Crippen LogP) is -0.0782. The Morgan fingerprint density at radius 2 is 2.12 bits per heavy atom. The molecule has 0 spiro atoms. The summed E-state index contributed by atoms with van der Waals surface area (Å²) in [6.07, 6.45) is 0.858. The molecule has 2 nitrogen and oxygen atoms in total. The molecule has 0 unspecified atom stereocenters. The summed E-state index contributed by atoms with van der Waals surface area (Å²) in [6, 6.07) is 0. The third-order valence-corrected chi connectivity index (χ3v) is 0.932. The lowest BCUT2D eigenvalue weighted by atomic mass is 10.1. The van der Waals surface area contributed by atoms with Crippen LogP contribution in [0.5, 0.6) is 0 Å². The van der Waals surface area contributed by atoms with Gasteiger partial charge in [0, 0.05) is 12.8 Å².